The molecule has 2 heterocycles. The molecule has 0 atom stereocenters. The summed E-state index contributed by atoms with van der Waals surface area (Å²) < 4.78 is 3.71. The molecule has 0 aliphatic rings. The first kappa shape index (κ1) is 16.6. The number of nitrogens with zero attached hydrogens (tertiary/aromatic N) is 2. The third-order valence-corrected chi connectivity index (χ3v) is 6.36. The third kappa shape index (κ3) is 2.52. The van der Waals surface area contributed by atoms with Crippen molar-refractivity contribution >= 4 is 55.6 Å². The first-order valence-corrected chi connectivity index (χ1v) is 10.1. The van der Waals surface area contributed by atoms with E-state index < -0.39 is 0 Å². The van der Waals surface area contributed by atoms with Gasteiger partial charge >= 0.3 is 0 Å². The molecule has 3 aromatic carbocycles. The minimum absolute atomic E-state index is 1.21. The molecule has 27 heavy (non-hydrogen) atoms. The summed E-state index contributed by atoms with van der Waals surface area (Å²) in [6, 6.07) is 28.5. The van der Waals surface area contributed by atoms with Crippen molar-refractivity contribution < 1.29 is 0 Å². The summed E-state index contributed by atoms with van der Waals surface area (Å²) in [4.78, 5) is 2.14. The zero-order valence-electron chi connectivity index (χ0n) is 15.3. The molecule has 0 saturated carbocycles. The maximum atomic E-state index is 2.51. The highest BCUT2D eigenvalue weighted by molar-refractivity contribution is 14.1. The second-order valence-corrected chi connectivity index (χ2v) is 8.15. The maximum absolute atomic E-state index is 2.51. The van der Waals surface area contributed by atoms with Crippen molar-refractivity contribution in [1.29, 1.82) is 0 Å². The normalized spacial score (nSPS) is 11.5. The molecule has 3 heteroatoms. The molecule has 0 radical (unpaired) electrons. The molecule has 0 amide bonds. The first-order chi connectivity index (χ1) is 13.1. The second-order valence-electron chi connectivity index (χ2n) is 7.07. The lowest BCUT2D eigenvalue weighted by molar-refractivity contribution is 1.13. The van der Waals surface area contributed by atoms with E-state index in [0.29, 0.717) is 0 Å². The van der Waals surface area contributed by atoms with Crippen LogP contribution in [0.25, 0.3) is 38.4 Å². The lowest BCUT2D eigenvalue weighted by atomic mass is 10.0. The largest absolute Gasteiger partial charge is 0.378 e. The second kappa shape index (κ2) is 6.27. The molecule has 0 N–H and O–H groups in total. The standard InChI is InChI=1S/C24H19IN2/c1-26(2)18-13-11-16(12-14-18)23-22-15-17-7-3-5-9-20(17)27(22)21-10-6-4-8-19(21)24(23)25/h3-15H,1-2H3. The van der Waals surface area contributed by atoms with E-state index in [2.05, 4.69) is 125 Å². The van der Waals surface area contributed by atoms with Gasteiger partial charge < -0.3 is 9.30 Å². The molecular formula is C24H19IN2. The molecule has 0 saturated heterocycles. The Balaban J connectivity index is 1.94. The number of para-hydroxylation sites is 2. The molecular weight excluding hydrogens is 443 g/mol. The van der Waals surface area contributed by atoms with Gasteiger partial charge in [0.05, 0.1) is 16.6 Å². The van der Waals surface area contributed by atoms with Crippen molar-refractivity contribution in [2.45, 2.75) is 0 Å². The monoisotopic (exact) mass is 462 g/mol. The van der Waals surface area contributed by atoms with E-state index in [1.165, 1.54) is 47.7 Å². The van der Waals surface area contributed by atoms with Crippen LogP contribution in [0.4, 0.5) is 5.69 Å². The Morgan fingerprint density at radius 1 is 0.741 bits per heavy atom. The molecule has 0 aliphatic heterocycles. The van der Waals surface area contributed by atoms with E-state index in [0.717, 1.165) is 0 Å². The van der Waals surface area contributed by atoms with Crippen LogP contribution < -0.4 is 4.90 Å². The number of benzene rings is 3. The molecule has 2 aromatic heterocycles. The Bertz CT molecular complexity index is 1300. The van der Waals surface area contributed by atoms with Gasteiger partial charge in [-0.15, -0.1) is 0 Å². The van der Waals surface area contributed by atoms with Gasteiger partial charge in [0.2, 0.25) is 0 Å². The van der Waals surface area contributed by atoms with Crippen molar-refractivity contribution in [3.05, 3.63) is 82.4 Å². The van der Waals surface area contributed by atoms with E-state index in [-0.39, 0.29) is 0 Å². The van der Waals surface area contributed by atoms with Crippen molar-refractivity contribution in [3.8, 4) is 11.1 Å². The SMILES string of the molecule is CN(C)c1ccc(-c2c(I)c3ccccc3n3c2cc2ccccc23)cc1. The van der Waals surface area contributed by atoms with Gasteiger partial charge in [-0.25, -0.2) is 0 Å². The fourth-order valence-electron chi connectivity index (χ4n) is 3.90. The molecule has 5 rings (SSSR count). The highest BCUT2D eigenvalue weighted by atomic mass is 127. The van der Waals surface area contributed by atoms with Crippen LogP contribution in [-0.4, -0.2) is 18.5 Å². The smallest absolute Gasteiger partial charge is 0.0558 e. The minimum atomic E-state index is 1.21. The van der Waals surface area contributed by atoms with Gasteiger partial charge in [-0.3, -0.25) is 0 Å². The summed E-state index contributed by atoms with van der Waals surface area (Å²) in [6.07, 6.45) is 0. The van der Waals surface area contributed by atoms with E-state index >= 15 is 0 Å². The fourth-order valence-corrected chi connectivity index (χ4v) is 4.94. The van der Waals surface area contributed by atoms with Gasteiger partial charge in [-0.1, -0.05) is 48.5 Å². The summed E-state index contributed by atoms with van der Waals surface area (Å²) in [5.41, 5.74) is 7.54. The molecule has 0 aliphatic carbocycles. The number of pyridine rings is 1. The molecule has 132 valence electrons. The number of hydrogen-bond acceptors (Lipinski definition) is 1. The van der Waals surface area contributed by atoms with Crippen LogP contribution in [-0.2, 0) is 0 Å². The van der Waals surface area contributed by atoms with Crippen LogP contribution >= 0.6 is 22.6 Å². The van der Waals surface area contributed by atoms with Crippen molar-refractivity contribution in [1.82, 2.24) is 4.40 Å². The molecule has 0 unspecified atom stereocenters. The lowest BCUT2D eigenvalue weighted by Crippen LogP contribution is -2.08. The molecule has 0 bridgehead atoms. The van der Waals surface area contributed by atoms with Crippen LogP contribution in [0.15, 0.2) is 78.9 Å². The maximum Gasteiger partial charge on any atom is 0.0558 e. The van der Waals surface area contributed by atoms with Gasteiger partial charge in [-0.2, -0.15) is 0 Å². The van der Waals surface area contributed by atoms with Crippen LogP contribution in [0.2, 0.25) is 0 Å². The van der Waals surface area contributed by atoms with Gasteiger partial charge in [0, 0.05) is 39.7 Å². The van der Waals surface area contributed by atoms with Crippen molar-refractivity contribution in [2.24, 2.45) is 0 Å². The Morgan fingerprint density at radius 3 is 2.15 bits per heavy atom. The molecule has 0 fully saturated rings. The van der Waals surface area contributed by atoms with Gasteiger partial charge in [-0.05, 0) is 58.5 Å². The quantitative estimate of drug-likeness (QED) is 0.269. The van der Waals surface area contributed by atoms with Crippen LogP contribution in [0.1, 0.15) is 0 Å². The lowest BCUT2D eigenvalue weighted by Gasteiger charge is -2.16. The topological polar surface area (TPSA) is 7.65 Å². The zero-order valence-corrected chi connectivity index (χ0v) is 17.4. The van der Waals surface area contributed by atoms with Crippen molar-refractivity contribution in [3.63, 3.8) is 0 Å². The Kier molecular flexibility index (Phi) is 3.86. The summed E-state index contributed by atoms with van der Waals surface area (Å²) in [7, 11) is 4.15. The van der Waals surface area contributed by atoms with E-state index in [1.54, 1.807) is 0 Å². The molecule has 5 aromatic rings. The summed E-state index contributed by atoms with van der Waals surface area (Å²) in [5.74, 6) is 0. The number of anilines is 1. The number of hydrogen-bond donors (Lipinski definition) is 0. The van der Waals surface area contributed by atoms with Gasteiger partial charge in [0.1, 0.15) is 0 Å². The molecule has 2 nitrogen and oxygen atoms in total. The fraction of sp³-hybridized carbons (Fsp3) is 0.0833. The van der Waals surface area contributed by atoms with E-state index in [9.17, 15) is 0 Å². The highest BCUT2D eigenvalue weighted by Gasteiger charge is 2.16. The average molecular weight is 462 g/mol. The summed E-state index contributed by atoms with van der Waals surface area (Å²) >= 11 is 2.51. The van der Waals surface area contributed by atoms with Crippen LogP contribution in [0.5, 0.6) is 0 Å². The van der Waals surface area contributed by atoms with E-state index in [4.69, 9.17) is 0 Å². The number of aromatic nitrogens is 1. The van der Waals surface area contributed by atoms with Gasteiger partial charge in [0.25, 0.3) is 0 Å². The minimum Gasteiger partial charge on any atom is -0.378 e. The third-order valence-electron chi connectivity index (χ3n) is 5.24. The summed E-state index contributed by atoms with van der Waals surface area (Å²) in [5, 5.41) is 2.56. The predicted molar refractivity (Wildman–Crippen MR) is 125 cm³/mol. The van der Waals surface area contributed by atoms with Crippen molar-refractivity contribution in [2.75, 3.05) is 19.0 Å². The molecule has 0 spiro atoms. The highest BCUT2D eigenvalue weighted by Crippen LogP contribution is 2.39. The number of fused-ring (bicyclic) bond motifs is 5. The number of halogens is 1. The Hall–Kier alpha value is -2.53. The van der Waals surface area contributed by atoms with E-state index in [1.807, 2.05) is 0 Å². The Labute approximate surface area is 172 Å². The zero-order chi connectivity index (χ0) is 18.5. The van der Waals surface area contributed by atoms with Crippen LogP contribution in [0, 0.1) is 3.57 Å². The first-order valence-electron chi connectivity index (χ1n) is 9.03. The predicted octanol–water partition coefficient (Wildman–Crippen LogP) is 6.58. The summed E-state index contributed by atoms with van der Waals surface area (Å²) in [6.45, 7) is 0. The van der Waals surface area contributed by atoms with Gasteiger partial charge in [0.15, 0.2) is 0 Å². The Morgan fingerprint density at radius 2 is 1.41 bits per heavy atom. The van der Waals surface area contributed by atoms with Crippen LogP contribution in [0.3, 0.4) is 0 Å². The number of rotatable bonds is 2. The average Bonchev–Trinajstić information content (AvgIpc) is 3.08.